The van der Waals surface area contributed by atoms with Crippen molar-refractivity contribution in [1.82, 2.24) is 15.0 Å². The topological polar surface area (TPSA) is 72.0 Å². The number of phenols is 1. The van der Waals surface area contributed by atoms with Crippen LogP contribution >= 0.6 is 0 Å². The van der Waals surface area contributed by atoms with Gasteiger partial charge in [-0.1, -0.05) is 151 Å². The molecule has 1 N–H and O–H groups in total. The minimum atomic E-state index is -0.784. The number of hydrogen-bond donors (Lipinski definition) is 1. The van der Waals surface area contributed by atoms with Gasteiger partial charge in [-0.05, 0) is 80.3 Å². The van der Waals surface area contributed by atoms with E-state index in [1.54, 1.807) is 6.07 Å². The van der Waals surface area contributed by atoms with Crippen LogP contribution in [0.1, 0.15) is 75.4 Å². The number of hydrogen-bond acceptors (Lipinski definition) is 5. The number of benzene rings is 6. The van der Waals surface area contributed by atoms with Crippen molar-refractivity contribution in [2.45, 2.75) is 57.8 Å². The van der Waals surface area contributed by atoms with E-state index in [0.717, 1.165) is 44.8 Å². The van der Waals surface area contributed by atoms with Gasteiger partial charge in [0.2, 0.25) is 5.89 Å². The van der Waals surface area contributed by atoms with E-state index in [9.17, 15) is 5.11 Å². The molecular formula is C56H46N3O2Pt-. The van der Waals surface area contributed by atoms with Gasteiger partial charge in [0, 0.05) is 38.1 Å². The molecule has 0 amide bonds. The molecule has 10 rings (SSSR count). The monoisotopic (exact) mass is 987 g/mol. The smallest absolute Gasteiger partial charge is 0.200 e. The van der Waals surface area contributed by atoms with Crippen LogP contribution < -0.4 is 0 Å². The van der Waals surface area contributed by atoms with Crippen LogP contribution in [0.2, 0.25) is 0 Å². The number of phenolic OH excluding ortho intramolecular Hbond substituents is 1. The maximum atomic E-state index is 11.5. The second-order valence-electron chi connectivity index (χ2n) is 18.2. The average molecular weight is 988 g/mol. The largest absolute Gasteiger partial charge is 0.507 e. The molecule has 0 radical (unpaired) electrons. The molecule has 1 aliphatic rings. The summed E-state index contributed by atoms with van der Waals surface area (Å²) in [4.78, 5) is 15.5. The van der Waals surface area contributed by atoms with E-state index in [2.05, 4.69) is 181 Å². The Kier molecular flexibility index (Phi) is 10.2. The molecule has 0 atom stereocenters. The van der Waals surface area contributed by atoms with Gasteiger partial charge in [0.05, 0.1) is 28.2 Å². The van der Waals surface area contributed by atoms with Crippen LogP contribution in [0.5, 0.6) is 5.75 Å². The first-order chi connectivity index (χ1) is 29.4. The van der Waals surface area contributed by atoms with E-state index in [-0.39, 0.29) is 37.6 Å². The molecule has 0 unspecified atom stereocenters. The molecule has 6 aromatic carbocycles. The molecule has 308 valence electrons. The van der Waals surface area contributed by atoms with E-state index >= 15 is 0 Å². The Bertz CT molecular complexity index is 3070. The molecule has 0 bridgehead atoms. The zero-order chi connectivity index (χ0) is 42.1. The van der Waals surface area contributed by atoms with Crippen LogP contribution in [0, 0.1) is 6.07 Å². The fraction of sp³-hybridized carbons (Fsp3) is 0.161. The standard InChI is InChI=1S/C56H46N3O2.Pt/c1-54(2,3)40-31-47(43-33-51-49(34-50(43)60)59-53(61-51)55(4,5)6)57-48(32-40)46-24-15-25-52(58-46)56(44-22-12-10-20-41(44)42-21-11-13-23-45(42)56)39-19-14-18-38(30-39)37-28-26-36(27-29-37)35-16-8-7-9-17-35;/h7-18,20-34,60H,1-6H3;/q-1;. The molecule has 9 aromatic rings. The van der Waals surface area contributed by atoms with Crippen molar-refractivity contribution in [1.29, 1.82) is 0 Å². The Labute approximate surface area is 377 Å². The number of aromatic nitrogens is 3. The summed E-state index contributed by atoms with van der Waals surface area (Å²) >= 11 is 0. The quantitative estimate of drug-likeness (QED) is 0.168. The molecule has 62 heavy (non-hydrogen) atoms. The number of aromatic hydroxyl groups is 1. The second kappa shape index (κ2) is 15.5. The molecular weight excluding hydrogens is 942 g/mol. The normalized spacial score (nSPS) is 13.1. The Balaban J connectivity index is 0.00000490. The number of nitrogens with zero attached hydrogens (tertiary/aromatic N) is 3. The summed E-state index contributed by atoms with van der Waals surface area (Å²) < 4.78 is 6.24. The van der Waals surface area contributed by atoms with E-state index in [1.807, 2.05) is 24.3 Å². The number of oxazole rings is 1. The Hall–Kier alpha value is -6.42. The summed E-state index contributed by atoms with van der Waals surface area (Å²) in [5, 5.41) is 11.5. The fourth-order valence-corrected chi connectivity index (χ4v) is 8.80. The zero-order valence-electron chi connectivity index (χ0n) is 35.6. The molecule has 0 fully saturated rings. The Morgan fingerprint density at radius 1 is 0.516 bits per heavy atom. The van der Waals surface area contributed by atoms with Gasteiger partial charge >= 0.3 is 0 Å². The average Bonchev–Trinajstić information content (AvgIpc) is 3.84. The van der Waals surface area contributed by atoms with E-state index < -0.39 is 5.41 Å². The van der Waals surface area contributed by atoms with Crippen molar-refractivity contribution in [3.05, 3.63) is 204 Å². The van der Waals surface area contributed by atoms with Crippen LogP contribution in [0.15, 0.2) is 168 Å². The van der Waals surface area contributed by atoms with E-state index in [1.165, 1.54) is 22.3 Å². The fourth-order valence-electron chi connectivity index (χ4n) is 8.80. The van der Waals surface area contributed by atoms with Crippen molar-refractivity contribution in [3.63, 3.8) is 0 Å². The third kappa shape index (κ3) is 6.99. The number of pyridine rings is 2. The summed E-state index contributed by atoms with van der Waals surface area (Å²) in [6.07, 6.45) is 0. The molecule has 0 saturated heterocycles. The molecule has 3 heterocycles. The van der Waals surface area contributed by atoms with Gasteiger partial charge in [-0.2, -0.15) is 24.3 Å². The minimum Gasteiger partial charge on any atom is -0.507 e. The molecule has 6 heteroatoms. The number of rotatable bonds is 6. The third-order valence-electron chi connectivity index (χ3n) is 12.0. The first-order valence-corrected chi connectivity index (χ1v) is 20.9. The molecule has 0 aliphatic heterocycles. The Morgan fingerprint density at radius 2 is 1.13 bits per heavy atom. The van der Waals surface area contributed by atoms with Crippen LogP contribution in [0.25, 0.3) is 67.1 Å². The van der Waals surface area contributed by atoms with Gasteiger partial charge in [0.1, 0.15) is 11.3 Å². The van der Waals surface area contributed by atoms with Crippen LogP contribution in [-0.2, 0) is 37.3 Å². The van der Waals surface area contributed by atoms with Gasteiger partial charge in [-0.25, -0.2) is 15.0 Å². The number of fused-ring (bicyclic) bond motifs is 4. The predicted octanol–water partition coefficient (Wildman–Crippen LogP) is 13.7. The predicted molar refractivity (Wildman–Crippen MR) is 247 cm³/mol. The third-order valence-corrected chi connectivity index (χ3v) is 12.0. The summed E-state index contributed by atoms with van der Waals surface area (Å²) in [6.45, 7) is 12.8. The Morgan fingerprint density at radius 3 is 1.79 bits per heavy atom. The van der Waals surface area contributed by atoms with Crippen LogP contribution in [0.3, 0.4) is 0 Å². The summed E-state index contributed by atoms with van der Waals surface area (Å²) in [5.41, 5.74) is 14.8. The zero-order valence-corrected chi connectivity index (χ0v) is 37.9. The maximum Gasteiger partial charge on any atom is 0.200 e. The summed E-state index contributed by atoms with van der Waals surface area (Å²) in [7, 11) is 0. The van der Waals surface area contributed by atoms with Gasteiger partial charge in [-0.3, -0.25) is 0 Å². The summed E-state index contributed by atoms with van der Waals surface area (Å²) in [6, 6.07) is 60.9. The van der Waals surface area contributed by atoms with E-state index in [4.69, 9.17) is 19.4 Å². The van der Waals surface area contributed by atoms with E-state index in [0.29, 0.717) is 33.9 Å². The molecule has 1 aliphatic carbocycles. The van der Waals surface area contributed by atoms with Crippen molar-refractivity contribution in [2.75, 3.05) is 0 Å². The van der Waals surface area contributed by atoms with Crippen LogP contribution in [-0.4, -0.2) is 20.1 Å². The van der Waals surface area contributed by atoms with Gasteiger partial charge < -0.3 is 9.52 Å². The van der Waals surface area contributed by atoms with Crippen molar-refractivity contribution < 1.29 is 30.6 Å². The summed E-state index contributed by atoms with van der Waals surface area (Å²) in [5.74, 6) is 0.709. The SMILES string of the molecule is CC(C)(C)c1cc(-c2cccc(C3(c4[c-]ccc(-c5ccc(-c6ccccc6)cc5)c4)c4ccccc4-c4ccccc43)n2)nc(-c2cc3oc(C(C)(C)C)nc3cc2O)c1.[Pt]. The van der Waals surface area contributed by atoms with Crippen molar-refractivity contribution in [2.24, 2.45) is 0 Å². The molecule has 5 nitrogen and oxygen atoms in total. The van der Waals surface area contributed by atoms with Crippen molar-refractivity contribution in [3.8, 4) is 61.8 Å². The first kappa shape index (κ1) is 41.0. The molecule has 0 spiro atoms. The van der Waals surface area contributed by atoms with Gasteiger partial charge in [-0.15, -0.1) is 11.1 Å². The maximum absolute atomic E-state index is 11.5. The molecule has 0 saturated carbocycles. The first-order valence-electron chi connectivity index (χ1n) is 20.9. The van der Waals surface area contributed by atoms with Crippen LogP contribution in [0.4, 0.5) is 0 Å². The van der Waals surface area contributed by atoms with Gasteiger partial charge in [0.15, 0.2) is 5.58 Å². The second-order valence-corrected chi connectivity index (χ2v) is 18.2. The van der Waals surface area contributed by atoms with Gasteiger partial charge in [0.25, 0.3) is 0 Å². The minimum absolute atomic E-state index is 0. The van der Waals surface area contributed by atoms with Crippen molar-refractivity contribution >= 4 is 11.1 Å². The molecule has 3 aromatic heterocycles.